The molecule has 0 aliphatic carbocycles. The van der Waals surface area contributed by atoms with E-state index in [1.165, 1.54) is 5.56 Å². The summed E-state index contributed by atoms with van der Waals surface area (Å²) in [5.41, 5.74) is 3.26. The number of hydrogen-bond donors (Lipinski definition) is 0. The molecular weight excluding hydrogens is 248 g/mol. The van der Waals surface area contributed by atoms with Gasteiger partial charge in [0, 0.05) is 23.7 Å². The van der Waals surface area contributed by atoms with Crippen LogP contribution in [0.2, 0.25) is 0 Å². The Morgan fingerprint density at radius 3 is 2.85 bits per heavy atom. The Hall–Kier alpha value is -2.60. The second-order valence-electron chi connectivity index (χ2n) is 5.07. The maximum atomic E-state index is 12.6. The molecule has 0 bridgehead atoms. The van der Waals surface area contributed by atoms with Gasteiger partial charge in [-0.3, -0.25) is 4.79 Å². The Morgan fingerprint density at radius 1 is 1.25 bits per heavy atom. The van der Waals surface area contributed by atoms with E-state index in [-0.39, 0.29) is 5.91 Å². The number of nitrogens with zero attached hydrogens (tertiary/aromatic N) is 2. The Labute approximate surface area is 118 Å². The van der Waals surface area contributed by atoms with Gasteiger partial charge in [0.2, 0.25) is 0 Å². The topological polar surface area (TPSA) is 44.1 Å². The molecule has 1 unspecified atom stereocenters. The molecule has 1 atom stereocenters. The molecular formula is C17H14N2O. The van der Waals surface area contributed by atoms with Crippen molar-refractivity contribution in [2.75, 3.05) is 11.4 Å². The summed E-state index contributed by atoms with van der Waals surface area (Å²) < 4.78 is 0. The summed E-state index contributed by atoms with van der Waals surface area (Å²) in [6.07, 6.45) is 0. The monoisotopic (exact) mass is 262 g/mol. The van der Waals surface area contributed by atoms with Crippen molar-refractivity contribution in [1.29, 1.82) is 5.26 Å². The van der Waals surface area contributed by atoms with Crippen LogP contribution in [0.25, 0.3) is 0 Å². The Bertz CT molecular complexity index is 715. The molecule has 2 aromatic rings. The highest BCUT2D eigenvalue weighted by Crippen LogP contribution is 2.36. The fraction of sp³-hybridized carbons (Fsp3) is 0.176. The Morgan fingerprint density at radius 2 is 2.05 bits per heavy atom. The van der Waals surface area contributed by atoms with Crippen LogP contribution < -0.4 is 4.90 Å². The SMILES string of the molecule is CC1CN(C(=O)c2cccc(C#N)c2)c2ccccc21. The average Bonchev–Trinajstić information content (AvgIpc) is 2.84. The van der Waals surface area contributed by atoms with Crippen LogP contribution >= 0.6 is 0 Å². The Kier molecular flexibility index (Phi) is 3.00. The number of nitriles is 1. The molecule has 1 aliphatic rings. The van der Waals surface area contributed by atoms with Crippen molar-refractivity contribution in [2.24, 2.45) is 0 Å². The second kappa shape index (κ2) is 4.82. The quantitative estimate of drug-likeness (QED) is 0.791. The normalized spacial score (nSPS) is 16.6. The van der Waals surface area contributed by atoms with Crippen LogP contribution in [0.3, 0.4) is 0 Å². The molecule has 20 heavy (non-hydrogen) atoms. The maximum Gasteiger partial charge on any atom is 0.258 e. The number of carbonyl (C=O) groups excluding carboxylic acids is 1. The summed E-state index contributed by atoms with van der Waals surface area (Å²) >= 11 is 0. The van der Waals surface area contributed by atoms with Gasteiger partial charge < -0.3 is 4.90 Å². The number of fused-ring (bicyclic) bond motifs is 1. The molecule has 1 aliphatic heterocycles. The van der Waals surface area contributed by atoms with Gasteiger partial charge in [-0.2, -0.15) is 5.26 Å². The predicted molar refractivity (Wildman–Crippen MR) is 77.7 cm³/mol. The van der Waals surface area contributed by atoms with Gasteiger partial charge in [0.1, 0.15) is 0 Å². The van der Waals surface area contributed by atoms with Crippen molar-refractivity contribution < 1.29 is 4.79 Å². The molecule has 3 rings (SSSR count). The van der Waals surface area contributed by atoms with Crippen molar-refractivity contribution in [3.05, 3.63) is 65.2 Å². The third kappa shape index (κ3) is 1.96. The molecule has 0 radical (unpaired) electrons. The van der Waals surface area contributed by atoms with E-state index in [1.807, 2.05) is 18.2 Å². The lowest BCUT2D eigenvalue weighted by molar-refractivity contribution is 0.0988. The van der Waals surface area contributed by atoms with E-state index < -0.39 is 0 Å². The van der Waals surface area contributed by atoms with E-state index >= 15 is 0 Å². The molecule has 0 aromatic heterocycles. The van der Waals surface area contributed by atoms with Crippen LogP contribution in [0, 0.1) is 11.3 Å². The number of anilines is 1. The average molecular weight is 262 g/mol. The molecule has 0 N–H and O–H groups in total. The number of amides is 1. The molecule has 3 heteroatoms. The van der Waals surface area contributed by atoms with Crippen LogP contribution in [0.5, 0.6) is 0 Å². The first kappa shape index (κ1) is 12.4. The minimum atomic E-state index is -0.0427. The van der Waals surface area contributed by atoms with Gasteiger partial charge >= 0.3 is 0 Å². The van der Waals surface area contributed by atoms with Gasteiger partial charge in [-0.05, 0) is 29.8 Å². The standard InChI is InChI=1S/C17H14N2O/c1-12-11-19(16-8-3-2-7-15(12)16)17(20)14-6-4-5-13(9-14)10-18/h2-9,12H,11H2,1H3. The number of hydrogen-bond acceptors (Lipinski definition) is 2. The minimum absolute atomic E-state index is 0.0427. The molecule has 2 aromatic carbocycles. The van der Waals surface area contributed by atoms with Crippen molar-refractivity contribution in [2.45, 2.75) is 12.8 Å². The third-order valence-corrected chi connectivity index (χ3v) is 3.70. The van der Waals surface area contributed by atoms with E-state index in [1.54, 1.807) is 29.2 Å². The molecule has 0 saturated carbocycles. The van der Waals surface area contributed by atoms with E-state index in [0.29, 0.717) is 23.6 Å². The second-order valence-corrected chi connectivity index (χ2v) is 5.07. The van der Waals surface area contributed by atoms with E-state index in [0.717, 1.165) is 5.69 Å². The van der Waals surface area contributed by atoms with Crippen LogP contribution in [-0.2, 0) is 0 Å². The summed E-state index contributed by atoms with van der Waals surface area (Å²) in [7, 11) is 0. The van der Waals surface area contributed by atoms with Gasteiger partial charge in [-0.15, -0.1) is 0 Å². The van der Waals surface area contributed by atoms with E-state index in [2.05, 4.69) is 19.1 Å². The van der Waals surface area contributed by atoms with Crippen LogP contribution in [0.1, 0.15) is 34.3 Å². The highest BCUT2D eigenvalue weighted by molar-refractivity contribution is 6.07. The zero-order valence-electron chi connectivity index (χ0n) is 11.2. The fourth-order valence-electron chi connectivity index (χ4n) is 2.69. The number of benzene rings is 2. The van der Waals surface area contributed by atoms with Gasteiger partial charge in [-0.1, -0.05) is 31.2 Å². The van der Waals surface area contributed by atoms with Gasteiger partial charge in [-0.25, -0.2) is 0 Å². The molecule has 0 fully saturated rings. The first-order valence-corrected chi connectivity index (χ1v) is 6.61. The summed E-state index contributed by atoms with van der Waals surface area (Å²) in [6.45, 7) is 2.81. The fourth-order valence-corrected chi connectivity index (χ4v) is 2.69. The smallest absolute Gasteiger partial charge is 0.258 e. The van der Waals surface area contributed by atoms with Gasteiger partial charge in [0.15, 0.2) is 0 Å². The molecule has 0 saturated heterocycles. The van der Waals surface area contributed by atoms with Crippen molar-refractivity contribution in [3.63, 3.8) is 0 Å². The van der Waals surface area contributed by atoms with Gasteiger partial charge in [0.25, 0.3) is 5.91 Å². The lowest BCUT2D eigenvalue weighted by Gasteiger charge is -2.17. The van der Waals surface area contributed by atoms with Crippen molar-refractivity contribution >= 4 is 11.6 Å². The van der Waals surface area contributed by atoms with E-state index in [9.17, 15) is 4.79 Å². The lowest BCUT2D eigenvalue weighted by Crippen LogP contribution is -2.29. The van der Waals surface area contributed by atoms with Crippen LogP contribution in [-0.4, -0.2) is 12.5 Å². The maximum absolute atomic E-state index is 12.6. The van der Waals surface area contributed by atoms with Crippen molar-refractivity contribution in [1.82, 2.24) is 0 Å². The number of para-hydroxylation sites is 1. The Balaban J connectivity index is 1.98. The zero-order valence-corrected chi connectivity index (χ0v) is 11.2. The summed E-state index contributed by atoms with van der Waals surface area (Å²) in [4.78, 5) is 14.4. The van der Waals surface area contributed by atoms with E-state index in [4.69, 9.17) is 5.26 Å². The molecule has 1 heterocycles. The largest absolute Gasteiger partial charge is 0.307 e. The lowest BCUT2D eigenvalue weighted by atomic mass is 10.0. The first-order valence-electron chi connectivity index (χ1n) is 6.61. The number of carbonyl (C=O) groups is 1. The van der Waals surface area contributed by atoms with Crippen LogP contribution in [0.15, 0.2) is 48.5 Å². The zero-order chi connectivity index (χ0) is 14.1. The van der Waals surface area contributed by atoms with Crippen molar-refractivity contribution in [3.8, 4) is 6.07 Å². The van der Waals surface area contributed by atoms with Crippen LogP contribution in [0.4, 0.5) is 5.69 Å². The number of rotatable bonds is 1. The summed E-state index contributed by atoms with van der Waals surface area (Å²) in [5, 5.41) is 8.93. The summed E-state index contributed by atoms with van der Waals surface area (Å²) in [5.74, 6) is 0.299. The highest BCUT2D eigenvalue weighted by atomic mass is 16.2. The molecule has 0 spiro atoms. The first-order chi connectivity index (χ1) is 9.70. The molecule has 98 valence electrons. The third-order valence-electron chi connectivity index (χ3n) is 3.70. The van der Waals surface area contributed by atoms with Gasteiger partial charge in [0.05, 0.1) is 11.6 Å². The predicted octanol–water partition coefficient (Wildman–Crippen LogP) is 3.32. The molecule has 1 amide bonds. The molecule has 3 nitrogen and oxygen atoms in total. The summed E-state index contributed by atoms with van der Waals surface area (Å²) in [6, 6.07) is 16.9. The minimum Gasteiger partial charge on any atom is -0.307 e. The highest BCUT2D eigenvalue weighted by Gasteiger charge is 2.29.